The first-order valence-corrected chi connectivity index (χ1v) is 13.2. The summed E-state index contributed by atoms with van der Waals surface area (Å²) >= 11 is 0. The number of carbonyl (C=O) groups excluding carboxylic acids is 1. The van der Waals surface area contributed by atoms with Crippen molar-refractivity contribution in [3.05, 3.63) is 24.3 Å². The first kappa shape index (κ1) is 24.6. The third kappa shape index (κ3) is 6.42. The van der Waals surface area contributed by atoms with Crippen LogP contribution in [-0.2, 0) is 24.8 Å². The largest absolute Gasteiger partial charge is 0.326 e. The molecule has 0 radical (unpaired) electrons. The summed E-state index contributed by atoms with van der Waals surface area (Å²) in [5.41, 5.74) is 1.02. The van der Waals surface area contributed by atoms with Crippen LogP contribution >= 0.6 is 0 Å². The molecule has 3 N–H and O–H groups in total. The van der Waals surface area contributed by atoms with Gasteiger partial charge in [-0.05, 0) is 84.6 Å². The molecule has 1 aromatic carbocycles. The number of hydrogen-bond acceptors (Lipinski definition) is 5. The van der Waals surface area contributed by atoms with Gasteiger partial charge in [0.25, 0.3) is 0 Å². The van der Waals surface area contributed by atoms with Gasteiger partial charge in [0.15, 0.2) is 0 Å². The lowest BCUT2D eigenvalue weighted by Gasteiger charge is -2.28. The first-order chi connectivity index (χ1) is 13.7. The molecule has 0 atom stereocenters. The summed E-state index contributed by atoms with van der Waals surface area (Å²) in [5, 5.41) is 2.38. The standard InChI is InChI=1S/C20H33N3O5S2/c1-14(2)29(25,26)22-17-8-6-15(7-9-17)19(24)21-16-10-12-18(13-11-16)23-30(27,28)20(3,4)5/h10-15,17,22-23H,6-9H2,1-5H3,(H,21,24). The third-order valence-corrected chi connectivity index (χ3v) is 9.28. The molecule has 0 aromatic heterocycles. The number of anilines is 2. The van der Waals surface area contributed by atoms with E-state index >= 15 is 0 Å². The number of sulfonamides is 2. The van der Waals surface area contributed by atoms with Crippen molar-refractivity contribution >= 4 is 37.3 Å². The zero-order valence-electron chi connectivity index (χ0n) is 18.2. The average Bonchev–Trinajstić information content (AvgIpc) is 2.62. The molecule has 1 aliphatic rings. The van der Waals surface area contributed by atoms with Gasteiger partial charge in [-0.1, -0.05) is 0 Å². The minimum Gasteiger partial charge on any atom is -0.326 e. The lowest BCUT2D eigenvalue weighted by atomic mass is 9.86. The molecule has 1 amide bonds. The second-order valence-corrected chi connectivity index (χ2v) is 13.7. The van der Waals surface area contributed by atoms with Gasteiger partial charge in [-0.15, -0.1) is 0 Å². The van der Waals surface area contributed by atoms with E-state index in [1.54, 1.807) is 58.9 Å². The summed E-state index contributed by atoms with van der Waals surface area (Å²) in [4.78, 5) is 12.6. The number of rotatable bonds is 7. The van der Waals surface area contributed by atoms with Gasteiger partial charge in [0.05, 0.1) is 10.00 Å². The zero-order valence-corrected chi connectivity index (χ0v) is 19.9. The predicted octanol–water partition coefficient (Wildman–Crippen LogP) is 3.05. The first-order valence-electron chi connectivity index (χ1n) is 10.2. The maximum Gasteiger partial charge on any atom is 0.237 e. The van der Waals surface area contributed by atoms with Crippen LogP contribution < -0.4 is 14.8 Å². The van der Waals surface area contributed by atoms with Gasteiger partial charge in [-0.25, -0.2) is 21.6 Å². The lowest BCUT2D eigenvalue weighted by molar-refractivity contribution is -0.120. The Balaban J connectivity index is 1.89. The second kappa shape index (κ2) is 9.23. The molecule has 1 saturated carbocycles. The molecule has 0 heterocycles. The fourth-order valence-electron chi connectivity index (χ4n) is 3.02. The van der Waals surface area contributed by atoms with Crippen LogP contribution in [0.3, 0.4) is 0 Å². The van der Waals surface area contributed by atoms with E-state index in [9.17, 15) is 21.6 Å². The van der Waals surface area contributed by atoms with E-state index in [1.165, 1.54) is 0 Å². The summed E-state index contributed by atoms with van der Waals surface area (Å²) in [6.07, 6.45) is 2.47. The molecule has 170 valence electrons. The molecule has 1 fully saturated rings. The summed E-state index contributed by atoms with van der Waals surface area (Å²) in [6.45, 7) is 8.13. The molecular weight excluding hydrogens is 426 g/mol. The Morgan fingerprint density at radius 3 is 1.90 bits per heavy atom. The smallest absolute Gasteiger partial charge is 0.237 e. The van der Waals surface area contributed by atoms with Gasteiger partial charge in [0, 0.05) is 23.3 Å². The molecule has 0 aliphatic heterocycles. The predicted molar refractivity (Wildman–Crippen MR) is 120 cm³/mol. The monoisotopic (exact) mass is 459 g/mol. The van der Waals surface area contributed by atoms with Gasteiger partial charge in [0.2, 0.25) is 26.0 Å². The summed E-state index contributed by atoms with van der Waals surface area (Å²) < 4.78 is 52.7. The van der Waals surface area contributed by atoms with Gasteiger partial charge in [0.1, 0.15) is 0 Å². The van der Waals surface area contributed by atoms with E-state index in [4.69, 9.17) is 0 Å². The summed E-state index contributed by atoms with van der Waals surface area (Å²) in [5.74, 6) is -0.285. The maximum atomic E-state index is 12.6. The van der Waals surface area contributed by atoms with E-state index in [0.717, 1.165) is 0 Å². The van der Waals surface area contributed by atoms with Crippen LogP contribution in [-0.4, -0.2) is 38.8 Å². The van der Waals surface area contributed by atoms with Crippen molar-refractivity contribution in [3.8, 4) is 0 Å². The summed E-state index contributed by atoms with van der Waals surface area (Å²) in [7, 11) is -6.82. The van der Waals surface area contributed by atoms with E-state index < -0.39 is 30.0 Å². The van der Waals surface area contributed by atoms with Crippen LogP contribution in [0.1, 0.15) is 60.3 Å². The molecular formula is C20H33N3O5S2. The van der Waals surface area contributed by atoms with Crippen LogP contribution in [0.5, 0.6) is 0 Å². The second-order valence-electron chi connectivity index (χ2n) is 9.04. The Morgan fingerprint density at radius 1 is 0.933 bits per heavy atom. The SMILES string of the molecule is CC(C)S(=O)(=O)NC1CCC(C(=O)Nc2ccc(NS(=O)(=O)C(C)(C)C)cc2)CC1. The fourth-order valence-corrected chi connectivity index (χ4v) is 4.74. The van der Waals surface area contributed by atoms with E-state index in [0.29, 0.717) is 37.1 Å². The van der Waals surface area contributed by atoms with Crippen molar-refractivity contribution in [3.63, 3.8) is 0 Å². The number of carbonyl (C=O) groups is 1. The van der Waals surface area contributed by atoms with Gasteiger partial charge in [-0.2, -0.15) is 0 Å². The van der Waals surface area contributed by atoms with E-state index in [2.05, 4.69) is 14.8 Å². The highest BCUT2D eigenvalue weighted by Gasteiger charge is 2.30. The summed E-state index contributed by atoms with van der Waals surface area (Å²) in [6, 6.07) is 6.39. The maximum absolute atomic E-state index is 12.6. The molecule has 0 bridgehead atoms. The number of amides is 1. The Bertz CT molecular complexity index is 941. The van der Waals surface area contributed by atoms with Crippen molar-refractivity contribution in [1.29, 1.82) is 0 Å². The van der Waals surface area contributed by atoms with Crippen molar-refractivity contribution in [2.75, 3.05) is 10.0 Å². The third-order valence-electron chi connectivity index (χ3n) is 5.26. The van der Waals surface area contributed by atoms with E-state index in [-0.39, 0.29) is 17.9 Å². The Morgan fingerprint density at radius 2 is 1.43 bits per heavy atom. The number of benzene rings is 1. The van der Waals surface area contributed by atoms with Gasteiger partial charge in [-0.3, -0.25) is 9.52 Å². The Kier molecular flexibility index (Phi) is 7.58. The van der Waals surface area contributed by atoms with Crippen molar-refractivity contribution in [2.24, 2.45) is 5.92 Å². The van der Waals surface area contributed by atoms with Crippen LogP contribution in [0.25, 0.3) is 0 Å². The highest BCUT2D eigenvalue weighted by Crippen LogP contribution is 2.27. The van der Waals surface area contributed by atoms with E-state index in [1.807, 2.05) is 0 Å². The molecule has 8 nitrogen and oxygen atoms in total. The highest BCUT2D eigenvalue weighted by molar-refractivity contribution is 7.94. The molecule has 10 heteroatoms. The van der Waals surface area contributed by atoms with Crippen molar-refractivity contribution in [1.82, 2.24) is 4.72 Å². The van der Waals surface area contributed by atoms with Crippen molar-refractivity contribution < 1.29 is 21.6 Å². The van der Waals surface area contributed by atoms with Crippen LogP contribution in [0.15, 0.2) is 24.3 Å². The quantitative estimate of drug-likeness (QED) is 0.579. The lowest BCUT2D eigenvalue weighted by Crippen LogP contribution is -2.42. The fraction of sp³-hybridized carbons (Fsp3) is 0.650. The minimum atomic E-state index is -3.51. The minimum absolute atomic E-state index is 0.108. The average molecular weight is 460 g/mol. The highest BCUT2D eigenvalue weighted by atomic mass is 32.2. The van der Waals surface area contributed by atoms with Gasteiger partial charge >= 0.3 is 0 Å². The molecule has 1 aliphatic carbocycles. The normalized spacial score (nSPS) is 20.7. The van der Waals surface area contributed by atoms with Gasteiger partial charge < -0.3 is 5.32 Å². The van der Waals surface area contributed by atoms with Crippen LogP contribution in [0.2, 0.25) is 0 Å². The molecule has 1 aromatic rings. The van der Waals surface area contributed by atoms with Crippen molar-refractivity contribution in [2.45, 2.75) is 76.3 Å². The Hall–Kier alpha value is -1.65. The molecule has 0 spiro atoms. The van der Waals surface area contributed by atoms with Crippen LogP contribution in [0.4, 0.5) is 11.4 Å². The number of hydrogen-bond donors (Lipinski definition) is 3. The molecule has 30 heavy (non-hydrogen) atoms. The Labute approximate surface area is 180 Å². The zero-order chi connectivity index (χ0) is 22.7. The molecule has 0 saturated heterocycles. The van der Waals surface area contributed by atoms with Crippen LogP contribution in [0, 0.1) is 5.92 Å². The number of nitrogens with one attached hydrogen (secondary N) is 3. The molecule has 2 rings (SSSR count). The molecule has 0 unspecified atom stereocenters. The topological polar surface area (TPSA) is 121 Å².